The van der Waals surface area contributed by atoms with E-state index >= 15 is 0 Å². The highest BCUT2D eigenvalue weighted by molar-refractivity contribution is 5.89. The third kappa shape index (κ3) is 14.5. The van der Waals surface area contributed by atoms with Crippen LogP contribution in [0.3, 0.4) is 0 Å². The number of rotatable bonds is 24. The van der Waals surface area contributed by atoms with Gasteiger partial charge in [-0.05, 0) is 49.2 Å². The molecule has 2 N–H and O–H groups in total. The normalized spacial score (nSPS) is 11.5. The summed E-state index contributed by atoms with van der Waals surface area (Å²) in [5, 5.41) is 21.2. The molecule has 0 atom stereocenters. The minimum atomic E-state index is 0.118. The lowest BCUT2D eigenvalue weighted by molar-refractivity contribution is 0.302. The Morgan fingerprint density at radius 2 is 0.870 bits per heavy atom. The van der Waals surface area contributed by atoms with E-state index in [0.717, 1.165) is 12.8 Å². The van der Waals surface area contributed by atoms with Crippen molar-refractivity contribution >= 4 is 23.8 Å². The molecule has 0 aliphatic rings. The molecule has 0 spiro atoms. The first-order chi connectivity index (χ1) is 22.6. The third-order valence-corrected chi connectivity index (χ3v) is 8.10. The molecule has 6 nitrogen and oxygen atoms in total. The number of benzene rings is 3. The van der Waals surface area contributed by atoms with E-state index in [-0.39, 0.29) is 11.5 Å². The van der Waals surface area contributed by atoms with E-state index in [4.69, 9.17) is 9.47 Å². The van der Waals surface area contributed by atoms with E-state index in [9.17, 15) is 10.2 Å². The second-order valence-corrected chi connectivity index (χ2v) is 12.1. The van der Waals surface area contributed by atoms with Crippen LogP contribution in [0, 0.1) is 0 Å². The van der Waals surface area contributed by atoms with Crippen LogP contribution in [0.2, 0.25) is 0 Å². The summed E-state index contributed by atoms with van der Waals surface area (Å²) >= 11 is 0. The van der Waals surface area contributed by atoms with E-state index in [1.54, 1.807) is 24.6 Å². The van der Waals surface area contributed by atoms with E-state index in [0.29, 0.717) is 47.2 Å². The van der Waals surface area contributed by atoms with Gasteiger partial charge in [0.15, 0.2) is 0 Å². The van der Waals surface area contributed by atoms with Crippen LogP contribution >= 0.6 is 0 Å². The molecule has 0 bridgehead atoms. The van der Waals surface area contributed by atoms with E-state index in [2.05, 4.69) is 23.8 Å². The zero-order chi connectivity index (χ0) is 32.7. The van der Waals surface area contributed by atoms with Crippen molar-refractivity contribution in [2.45, 2.75) is 117 Å². The van der Waals surface area contributed by atoms with Gasteiger partial charge in [-0.1, -0.05) is 116 Å². The fraction of sp³-hybridized carbons (Fsp3) is 0.500. The van der Waals surface area contributed by atoms with Gasteiger partial charge in [-0.3, -0.25) is 9.98 Å². The van der Waals surface area contributed by atoms with Gasteiger partial charge in [0.1, 0.15) is 23.0 Å². The SMILES string of the molecule is CCCCCCCCCCOc1ccc(C=Nc2ccccc2N=Cc2ccc(OCCCCCCCCCC)cc2O)c(O)c1. The lowest BCUT2D eigenvalue weighted by atomic mass is 10.1. The van der Waals surface area contributed by atoms with Crippen molar-refractivity contribution in [2.24, 2.45) is 9.98 Å². The van der Waals surface area contributed by atoms with Crippen LogP contribution in [0.15, 0.2) is 70.6 Å². The minimum Gasteiger partial charge on any atom is -0.507 e. The van der Waals surface area contributed by atoms with Gasteiger partial charge in [0, 0.05) is 35.7 Å². The number of phenolic OH excluding ortho intramolecular Hbond substituents is 2. The zero-order valence-corrected chi connectivity index (χ0v) is 28.3. The van der Waals surface area contributed by atoms with Crippen LogP contribution < -0.4 is 9.47 Å². The predicted octanol–water partition coefficient (Wildman–Crippen LogP) is 11.6. The molecule has 46 heavy (non-hydrogen) atoms. The number of para-hydroxylation sites is 2. The van der Waals surface area contributed by atoms with Gasteiger partial charge < -0.3 is 19.7 Å². The highest BCUT2D eigenvalue weighted by Gasteiger charge is 2.05. The molecule has 0 aromatic heterocycles. The Labute approximate surface area is 277 Å². The smallest absolute Gasteiger partial charge is 0.128 e. The first-order valence-electron chi connectivity index (χ1n) is 17.7. The summed E-state index contributed by atoms with van der Waals surface area (Å²) in [7, 11) is 0. The molecule has 0 saturated carbocycles. The largest absolute Gasteiger partial charge is 0.507 e. The van der Waals surface area contributed by atoms with Crippen molar-refractivity contribution in [3.8, 4) is 23.0 Å². The zero-order valence-electron chi connectivity index (χ0n) is 28.3. The Bertz CT molecular complexity index is 1220. The van der Waals surface area contributed by atoms with Gasteiger partial charge in [-0.25, -0.2) is 0 Å². The maximum atomic E-state index is 10.6. The molecule has 0 aliphatic carbocycles. The summed E-state index contributed by atoms with van der Waals surface area (Å²) in [5.41, 5.74) is 2.49. The summed E-state index contributed by atoms with van der Waals surface area (Å²) in [6.07, 6.45) is 23.3. The molecule has 0 radical (unpaired) electrons. The first kappa shape index (κ1) is 36.7. The Kier molecular flexibility index (Phi) is 18.1. The summed E-state index contributed by atoms with van der Waals surface area (Å²) < 4.78 is 11.7. The van der Waals surface area contributed by atoms with E-state index in [1.165, 1.54) is 89.9 Å². The average molecular weight is 629 g/mol. The van der Waals surface area contributed by atoms with Gasteiger partial charge in [0.25, 0.3) is 0 Å². The van der Waals surface area contributed by atoms with E-state index < -0.39 is 0 Å². The van der Waals surface area contributed by atoms with Crippen molar-refractivity contribution in [1.82, 2.24) is 0 Å². The van der Waals surface area contributed by atoms with Crippen LogP contribution in [0.5, 0.6) is 23.0 Å². The molecule has 0 fully saturated rings. The van der Waals surface area contributed by atoms with Crippen molar-refractivity contribution in [2.75, 3.05) is 13.2 Å². The number of ether oxygens (including phenoxy) is 2. The standard InChI is InChI=1S/C40H56N2O4/c1-3-5-7-9-11-13-15-19-27-45-35-25-23-33(39(43)29-35)31-41-37-21-17-18-22-38(37)42-32-34-24-26-36(30-40(34)44)46-28-20-16-14-12-10-8-6-4-2/h17-18,21-26,29-32,43-44H,3-16,19-20,27-28H2,1-2H3. The number of phenols is 2. The second kappa shape index (κ2) is 22.7. The lowest BCUT2D eigenvalue weighted by Gasteiger charge is -2.08. The first-order valence-corrected chi connectivity index (χ1v) is 17.7. The van der Waals surface area contributed by atoms with Gasteiger partial charge in [-0.2, -0.15) is 0 Å². The number of nitrogens with zero attached hydrogens (tertiary/aromatic N) is 2. The molecular weight excluding hydrogens is 572 g/mol. The van der Waals surface area contributed by atoms with Crippen molar-refractivity contribution in [3.05, 3.63) is 71.8 Å². The van der Waals surface area contributed by atoms with Crippen molar-refractivity contribution in [1.29, 1.82) is 0 Å². The maximum Gasteiger partial charge on any atom is 0.128 e. The number of hydrogen-bond acceptors (Lipinski definition) is 6. The highest BCUT2D eigenvalue weighted by Crippen LogP contribution is 2.30. The molecule has 250 valence electrons. The molecule has 0 aliphatic heterocycles. The van der Waals surface area contributed by atoms with E-state index in [1.807, 2.05) is 48.5 Å². The third-order valence-electron chi connectivity index (χ3n) is 8.10. The monoisotopic (exact) mass is 628 g/mol. The average Bonchev–Trinajstić information content (AvgIpc) is 3.06. The number of unbranched alkanes of at least 4 members (excludes halogenated alkanes) is 14. The fourth-order valence-electron chi connectivity index (χ4n) is 5.26. The summed E-state index contributed by atoms with van der Waals surface area (Å²) in [6, 6.07) is 18.1. The summed E-state index contributed by atoms with van der Waals surface area (Å²) in [5.74, 6) is 1.56. The Hall–Kier alpha value is -3.80. The topological polar surface area (TPSA) is 83.6 Å². The van der Waals surface area contributed by atoms with Gasteiger partial charge >= 0.3 is 0 Å². The molecule has 0 unspecified atom stereocenters. The van der Waals surface area contributed by atoms with Gasteiger partial charge in [0.2, 0.25) is 0 Å². The molecule has 0 saturated heterocycles. The molecule has 3 rings (SSSR count). The molecular formula is C40H56N2O4. The highest BCUT2D eigenvalue weighted by atomic mass is 16.5. The number of aliphatic imine (C=N–C) groups is 2. The Morgan fingerprint density at radius 1 is 0.500 bits per heavy atom. The second-order valence-electron chi connectivity index (χ2n) is 12.1. The van der Waals surface area contributed by atoms with Crippen LogP contribution in [0.4, 0.5) is 11.4 Å². The molecule has 0 amide bonds. The van der Waals surface area contributed by atoms with Crippen LogP contribution in [0.25, 0.3) is 0 Å². The van der Waals surface area contributed by atoms with Crippen LogP contribution in [0.1, 0.15) is 128 Å². The molecule has 6 heteroatoms. The summed E-state index contributed by atoms with van der Waals surface area (Å²) in [6.45, 7) is 5.79. The number of hydrogen-bond donors (Lipinski definition) is 2. The molecule has 3 aromatic rings. The van der Waals surface area contributed by atoms with Gasteiger partial charge in [-0.15, -0.1) is 0 Å². The number of aromatic hydroxyl groups is 2. The lowest BCUT2D eigenvalue weighted by Crippen LogP contribution is -1.97. The predicted molar refractivity (Wildman–Crippen MR) is 193 cm³/mol. The van der Waals surface area contributed by atoms with Crippen molar-refractivity contribution < 1.29 is 19.7 Å². The Morgan fingerprint density at radius 3 is 1.24 bits per heavy atom. The fourth-order valence-corrected chi connectivity index (χ4v) is 5.26. The van der Waals surface area contributed by atoms with Crippen LogP contribution in [-0.2, 0) is 0 Å². The Balaban J connectivity index is 1.46. The molecule has 0 heterocycles. The van der Waals surface area contributed by atoms with Crippen molar-refractivity contribution in [3.63, 3.8) is 0 Å². The summed E-state index contributed by atoms with van der Waals surface area (Å²) in [4.78, 5) is 9.18. The maximum absolute atomic E-state index is 10.6. The van der Waals surface area contributed by atoms with Gasteiger partial charge in [0.05, 0.1) is 24.6 Å². The minimum absolute atomic E-state index is 0.118. The van der Waals surface area contributed by atoms with Crippen LogP contribution in [-0.4, -0.2) is 35.9 Å². The molecule has 3 aromatic carbocycles. The quantitative estimate of drug-likeness (QED) is 0.0763.